The molecule has 1 atom stereocenters. The van der Waals surface area contributed by atoms with Gasteiger partial charge in [-0.1, -0.05) is 30.7 Å². The first-order chi connectivity index (χ1) is 12.5. The molecule has 0 aliphatic carbocycles. The van der Waals surface area contributed by atoms with E-state index in [0.29, 0.717) is 17.0 Å². The number of hydrogen-bond acceptors (Lipinski definition) is 4. The molecule has 0 amide bonds. The molecule has 0 saturated carbocycles. The van der Waals surface area contributed by atoms with E-state index in [-0.39, 0.29) is 16.3 Å². The summed E-state index contributed by atoms with van der Waals surface area (Å²) in [4.78, 5) is -0.313. The third kappa shape index (κ3) is 5.90. The zero-order valence-electron chi connectivity index (χ0n) is 14.7. The number of halogens is 2. The molecule has 2 aromatic carbocycles. The Morgan fingerprint density at radius 1 is 1.11 bits per heavy atom. The Kier molecular flexibility index (Phi) is 6.85. The van der Waals surface area contributed by atoms with E-state index in [1.165, 1.54) is 0 Å². The molecule has 0 bridgehead atoms. The maximum absolute atomic E-state index is 14.2. The van der Waals surface area contributed by atoms with Crippen LogP contribution in [0.25, 0.3) is 0 Å². The van der Waals surface area contributed by atoms with Crippen molar-refractivity contribution in [2.24, 2.45) is 0 Å². The zero-order valence-corrected chi connectivity index (χ0v) is 17.1. The van der Waals surface area contributed by atoms with Crippen molar-refractivity contribution >= 4 is 37.3 Å². The summed E-state index contributed by atoms with van der Waals surface area (Å²) < 4.78 is 67.3. The molecule has 2 rings (SSSR count). The highest BCUT2D eigenvalue weighted by molar-refractivity contribution is 7.92. The molecule has 27 heavy (non-hydrogen) atoms. The summed E-state index contributed by atoms with van der Waals surface area (Å²) in [5.41, 5.74) is 0.348. The lowest BCUT2D eigenvalue weighted by molar-refractivity contribution is 0.564. The molecule has 0 aliphatic heterocycles. The molecular weight excluding hydrogens is 415 g/mol. The molecule has 0 fully saturated rings. The van der Waals surface area contributed by atoms with Crippen molar-refractivity contribution in [3.63, 3.8) is 0 Å². The first-order valence-electron chi connectivity index (χ1n) is 8.12. The van der Waals surface area contributed by atoms with E-state index in [0.717, 1.165) is 18.2 Å². The van der Waals surface area contributed by atoms with Crippen LogP contribution in [0.2, 0.25) is 5.02 Å². The summed E-state index contributed by atoms with van der Waals surface area (Å²) in [7, 11) is -7.71. The van der Waals surface area contributed by atoms with Crippen LogP contribution >= 0.6 is 11.6 Å². The molecule has 0 spiro atoms. The van der Waals surface area contributed by atoms with Gasteiger partial charge in [0, 0.05) is 11.1 Å². The Hall–Kier alpha value is -1.68. The predicted octanol–water partition coefficient (Wildman–Crippen LogP) is 3.67. The Morgan fingerprint density at radius 3 is 2.41 bits per heavy atom. The van der Waals surface area contributed by atoms with E-state index < -0.39 is 31.9 Å². The summed E-state index contributed by atoms with van der Waals surface area (Å²) in [6.45, 7) is 3.31. The molecule has 6 nitrogen and oxygen atoms in total. The SMILES string of the molecule is CCCS(=O)(=O)Nc1ccc(S(=O)(=O)NC(C)c2cccc(Cl)c2)cc1F. The fourth-order valence-electron chi connectivity index (χ4n) is 2.38. The van der Waals surface area contributed by atoms with Gasteiger partial charge in [-0.25, -0.2) is 25.9 Å². The fraction of sp³-hybridized carbons (Fsp3) is 0.294. The van der Waals surface area contributed by atoms with Crippen molar-refractivity contribution in [2.75, 3.05) is 10.5 Å². The summed E-state index contributed by atoms with van der Waals surface area (Å²) in [6.07, 6.45) is 0.370. The van der Waals surface area contributed by atoms with Crippen LogP contribution in [-0.2, 0) is 20.0 Å². The van der Waals surface area contributed by atoms with E-state index in [1.807, 2.05) is 0 Å². The predicted molar refractivity (Wildman–Crippen MR) is 104 cm³/mol. The lowest BCUT2D eigenvalue weighted by Crippen LogP contribution is -2.27. The van der Waals surface area contributed by atoms with Gasteiger partial charge in [0.2, 0.25) is 20.0 Å². The summed E-state index contributed by atoms with van der Waals surface area (Å²) >= 11 is 5.91. The van der Waals surface area contributed by atoms with E-state index in [1.54, 1.807) is 38.1 Å². The lowest BCUT2D eigenvalue weighted by atomic mass is 10.1. The van der Waals surface area contributed by atoms with Gasteiger partial charge in [-0.05, 0) is 49.2 Å². The summed E-state index contributed by atoms with van der Waals surface area (Å²) in [6, 6.07) is 9.10. The van der Waals surface area contributed by atoms with Crippen molar-refractivity contribution in [2.45, 2.75) is 31.2 Å². The van der Waals surface area contributed by atoms with Crippen LogP contribution in [0.15, 0.2) is 47.4 Å². The van der Waals surface area contributed by atoms with Crippen molar-refractivity contribution in [3.8, 4) is 0 Å². The standard InChI is InChI=1S/C17H20ClFN2O4S2/c1-3-9-26(22,23)21-17-8-7-15(11-16(17)19)27(24,25)20-12(2)13-5-4-6-14(18)10-13/h4-8,10-12,20-21H,3,9H2,1-2H3. The summed E-state index contributed by atoms with van der Waals surface area (Å²) in [5, 5.41) is 0.466. The average Bonchev–Trinajstić information content (AvgIpc) is 2.56. The number of hydrogen-bond donors (Lipinski definition) is 2. The quantitative estimate of drug-likeness (QED) is 0.663. The van der Waals surface area contributed by atoms with Gasteiger partial charge in [0.15, 0.2) is 0 Å². The van der Waals surface area contributed by atoms with Crippen molar-refractivity contribution in [1.82, 2.24) is 4.72 Å². The molecule has 1 unspecified atom stereocenters. The van der Waals surface area contributed by atoms with Crippen LogP contribution in [0.1, 0.15) is 31.9 Å². The maximum atomic E-state index is 14.2. The van der Waals surface area contributed by atoms with Gasteiger partial charge in [0.1, 0.15) is 5.82 Å². The molecule has 0 saturated heterocycles. The largest absolute Gasteiger partial charge is 0.281 e. The number of anilines is 1. The third-order valence-electron chi connectivity index (χ3n) is 3.67. The molecular formula is C17H20ClFN2O4S2. The smallest absolute Gasteiger partial charge is 0.241 e. The van der Waals surface area contributed by atoms with Crippen LogP contribution in [0, 0.1) is 5.82 Å². The number of benzene rings is 2. The van der Waals surface area contributed by atoms with E-state index >= 15 is 0 Å². The molecule has 2 aromatic rings. The first kappa shape index (κ1) is 21.6. The van der Waals surface area contributed by atoms with Gasteiger partial charge in [0.25, 0.3) is 0 Å². The monoisotopic (exact) mass is 434 g/mol. The van der Waals surface area contributed by atoms with Gasteiger partial charge in [0.05, 0.1) is 16.3 Å². The zero-order chi connectivity index (χ0) is 20.2. The van der Waals surface area contributed by atoms with Crippen LogP contribution < -0.4 is 9.44 Å². The highest BCUT2D eigenvalue weighted by Gasteiger charge is 2.21. The lowest BCUT2D eigenvalue weighted by Gasteiger charge is -2.16. The van der Waals surface area contributed by atoms with Crippen LogP contribution in [0.4, 0.5) is 10.1 Å². The fourth-order valence-corrected chi connectivity index (χ4v) is 4.96. The van der Waals surface area contributed by atoms with E-state index in [4.69, 9.17) is 11.6 Å². The minimum atomic E-state index is -4.02. The van der Waals surface area contributed by atoms with Gasteiger partial charge >= 0.3 is 0 Å². The van der Waals surface area contributed by atoms with Gasteiger partial charge < -0.3 is 0 Å². The molecule has 148 valence electrons. The minimum Gasteiger partial charge on any atom is -0.281 e. The molecule has 0 heterocycles. The van der Waals surface area contributed by atoms with E-state index in [2.05, 4.69) is 9.44 Å². The second-order valence-corrected chi connectivity index (χ2v) is 9.95. The van der Waals surface area contributed by atoms with Gasteiger partial charge in [-0.3, -0.25) is 4.72 Å². The highest BCUT2D eigenvalue weighted by atomic mass is 35.5. The average molecular weight is 435 g/mol. The Bertz CT molecular complexity index is 1030. The molecule has 0 radical (unpaired) electrons. The number of sulfonamides is 2. The van der Waals surface area contributed by atoms with Crippen LogP contribution in [0.5, 0.6) is 0 Å². The number of nitrogens with one attached hydrogen (secondary N) is 2. The normalized spacial score (nSPS) is 13.3. The minimum absolute atomic E-state index is 0.162. The Balaban J connectivity index is 2.22. The van der Waals surface area contributed by atoms with Crippen LogP contribution in [-0.4, -0.2) is 22.6 Å². The second-order valence-electron chi connectivity index (χ2n) is 5.96. The molecule has 0 aliphatic rings. The van der Waals surface area contributed by atoms with Crippen molar-refractivity contribution < 1.29 is 21.2 Å². The number of rotatable bonds is 8. The molecule has 2 N–H and O–H groups in total. The van der Waals surface area contributed by atoms with Crippen molar-refractivity contribution in [3.05, 3.63) is 58.9 Å². The molecule has 0 aromatic heterocycles. The second kappa shape index (κ2) is 8.55. The Labute approximate surface area is 163 Å². The maximum Gasteiger partial charge on any atom is 0.241 e. The summed E-state index contributed by atoms with van der Waals surface area (Å²) in [5.74, 6) is -1.14. The highest BCUT2D eigenvalue weighted by Crippen LogP contribution is 2.23. The van der Waals surface area contributed by atoms with Gasteiger partial charge in [-0.15, -0.1) is 0 Å². The van der Waals surface area contributed by atoms with E-state index in [9.17, 15) is 21.2 Å². The first-order valence-corrected chi connectivity index (χ1v) is 11.6. The Morgan fingerprint density at radius 2 is 1.81 bits per heavy atom. The third-order valence-corrected chi connectivity index (χ3v) is 6.92. The van der Waals surface area contributed by atoms with Crippen molar-refractivity contribution in [1.29, 1.82) is 0 Å². The van der Waals surface area contributed by atoms with Gasteiger partial charge in [-0.2, -0.15) is 0 Å². The topological polar surface area (TPSA) is 92.3 Å². The molecule has 10 heteroatoms. The van der Waals surface area contributed by atoms with Crippen LogP contribution in [0.3, 0.4) is 0 Å².